The highest BCUT2D eigenvalue weighted by Crippen LogP contribution is 2.38. The number of nitrogens with one attached hydrogen (secondary N) is 1. The minimum atomic E-state index is 0.0874. The van der Waals surface area contributed by atoms with Gasteiger partial charge in [0.05, 0.1) is 19.9 Å². The maximum atomic E-state index is 6.13. The van der Waals surface area contributed by atoms with Gasteiger partial charge in [-0.1, -0.05) is 29.3 Å². The fourth-order valence-corrected chi connectivity index (χ4v) is 3.99. The van der Waals surface area contributed by atoms with E-state index in [0.717, 1.165) is 23.7 Å². The molecule has 1 heterocycles. The van der Waals surface area contributed by atoms with Crippen LogP contribution in [0.1, 0.15) is 16.5 Å². The molecule has 1 nitrogen and oxygen atoms in total. The maximum Gasteiger partial charge on any atom is 0.0888 e. The fourth-order valence-electron chi connectivity index (χ4n) is 1.67. The fraction of sp³-hybridized carbons (Fsp3) is 0.167. The van der Waals surface area contributed by atoms with Gasteiger partial charge in [-0.15, -0.1) is 11.3 Å². The highest BCUT2D eigenvalue weighted by molar-refractivity contribution is 9.11. The Labute approximate surface area is 137 Å². The van der Waals surface area contributed by atoms with Gasteiger partial charge in [0.25, 0.3) is 0 Å². The number of benzene rings is 1. The van der Waals surface area contributed by atoms with Gasteiger partial charge in [0.1, 0.15) is 0 Å². The SMILES string of the molecule is CNC(c1ccc(Br)c(Cl)c1)c1cc(Cl)c(Br)s1. The van der Waals surface area contributed by atoms with E-state index in [-0.39, 0.29) is 6.04 Å². The van der Waals surface area contributed by atoms with E-state index in [9.17, 15) is 0 Å². The lowest BCUT2D eigenvalue weighted by molar-refractivity contribution is 0.704. The molecule has 1 aromatic heterocycles. The predicted octanol–water partition coefficient (Wildman–Crippen LogP) is 5.89. The molecule has 0 saturated heterocycles. The van der Waals surface area contributed by atoms with Crippen molar-refractivity contribution in [3.05, 3.63) is 53.0 Å². The molecule has 0 radical (unpaired) electrons. The Hall–Kier alpha value is 0.420. The second kappa shape index (κ2) is 6.25. The Morgan fingerprint density at radius 3 is 2.39 bits per heavy atom. The Morgan fingerprint density at radius 1 is 1.17 bits per heavy atom. The van der Waals surface area contributed by atoms with Crippen LogP contribution in [0, 0.1) is 0 Å². The van der Waals surface area contributed by atoms with Crippen LogP contribution in [0.4, 0.5) is 0 Å². The second-order valence-corrected chi connectivity index (χ2v) is 7.74. The lowest BCUT2D eigenvalue weighted by Gasteiger charge is -2.15. The molecule has 0 spiro atoms. The van der Waals surface area contributed by atoms with Crippen LogP contribution in [0.3, 0.4) is 0 Å². The highest BCUT2D eigenvalue weighted by Gasteiger charge is 2.17. The van der Waals surface area contributed by atoms with Crippen molar-refractivity contribution in [3.63, 3.8) is 0 Å². The molecule has 6 heteroatoms. The van der Waals surface area contributed by atoms with E-state index < -0.39 is 0 Å². The van der Waals surface area contributed by atoms with Crippen molar-refractivity contribution in [3.8, 4) is 0 Å². The average Bonchev–Trinajstić information content (AvgIpc) is 2.65. The zero-order valence-electron chi connectivity index (χ0n) is 9.31. The minimum Gasteiger partial charge on any atom is -0.309 e. The molecular formula is C12H9Br2Cl2NS. The molecule has 0 saturated carbocycles. The molecule has 2 rings (SSSR count). The molecule has 0 aliphatic carbocycles. The summed E-state index contributed by atoms with van der Waals surface area (Å²) in [6, 6.07) is 8.00. The number of halogens is 4. The molecule has 18 heavy (non-hydrogen) atoms. The van der Waals surface area contributed by atoms with Crippen molar-refractivity contribution >= 4 is 66.4 Å². The van der Waals surface area contributed by atoms with Gasteiger partial charge in [0.2, 0.25) is 0 Å². The molecule has 0 amide bonds. The van der Waals surface area contributed by atoms with Gasteiger partial charge in [0.15, 0.2) is 0 Å². The van der Waals surface area contributed by atoms with Crippen LogP contribution in [-0.2, 0) is 0 Å². The molecule has 2 aromatic rings. The number of thiophene rings is 1. The summed E-state index contributed by atoms with van der Waals surface area (Å²) in [5.41, 5.74) is 1.11. The largest absolute Gasteiger partial charge is 0.309 e. The van der Waals surface area contributed by atoms with Gasteiger partial charge < -0.3 is 5.32 Å². The van der Waals surface area contributed by atoms with E-state index in [1.54, 1.807) is 11.3 Å². The van der Waals surface area contributed by atoms with Gasteiger partial charge in [-0.05, 0) is 62.7 Å². The van der Waals surface area contributed by atoms with Crippen LogP contribution in [0.5, 0.6) is 0 Å². The van der Waals surface area contributed by atoms with Crippen molar-refractivity contribution in [2.45, 2.75) is 6.04 Å². The molecule has 0 aliphatic rings. The van der Waals surface area contributed by atoms with Crippen molar-refractivity contribution in [2.75, 3.05) is 7.05 Å². The zero-order chi connectivity index (χ0) is 13.3. The van der Waals surface area contributed by atoms with Crippen LogP contribution in [0.25, 0.3) is 0 Å². The first kappa shape index (κ1) is 14.8. The van der Waals surface area contributed by atoms with Crippen LogP contribution in [0.15, 0.2) is 32.5 Å². The van der Waals surface area contributed by atoms with Gasteiger partial charge in [-0.2, -0.15) is 0 Å². The lowest BCUT2D eigenvalue weighted by atomic mass is 10.1. The summed E-state index contributed by atoms with van der Waals surface area (Å²) in [5, 5.41) is 4.72. The van der Waals surface area contributed by atoms with Gasteiger partial charge >= 0.3 is 0 Å². The van der Waals surface area contributed by atoms with E-state index in [1.807, 2.05) is 31.3 Å². The normalized spacial score (nSPS) is 12.7. The molecule has 1 atom stereocenters. The number of hydrogen-bond acceptors (Lipinski definition) is 2. The highest BCUT2D eigenvalue weighted by atomic mass is 79.9. The molecule has 1 N–H and O–H groups in total. The van der Waals surface area contributed by atoms with Crippen molar-refractivity contribution < 1.29 is 0 Å². The first-order valence-corrected chi connectivity index (χ1v) is 8.25. The molecular weight excluding hydrogens is 421 g/mol. The average molecular weight is 430 g/mol. The van der Waals surface area contributed by atoms with Gasteiger partial charge in [0, 0.05) is 9.35 Å². The summed E-state index contributed by atoms with van der Waals surface area (Å²) in [5.74, 6) is 0. The Balaban J connectivity index is 2.41. The first-order chi connectivity index (χ1) is 8.52. The summed E-state index contributed by atoms with van der Waals surface area (Å²) in [6.45, 7) is 0. The molecule has 0 fully saturated rings. The molecule has 96 valence electrons. The standard InChI is InChI=1S/C12H9Br2Cl2NS/c1-17-11(10-5-9(16)12(14)18-10)6-2-3-7(13)8(15)4-6/h2-5,11,17H,1H3. The van der Waals surface area contributed by atoms with E-state index in [1.165, 1.54) is 0 Å². The first-order valence-electron chi connectivity index (χ1n) is 5.10. The van der Waals surface area contributed by atoms with Crippen LogP contribution in [0.2, 0.25) is 10.0 Å². The van der Waals surface area contributed by atoms with E-state index in [0.29, 0.717) is 5.02 Å². The lowest BCUT2D eigenvalue weighted by Crippen LogP contribution is -2.16. The topological polar surface area (TPSA) is 12.0 Å². The number of hydrogen-bond donors (Lipinski definition) is 1. The summed E-state index contributed by atoms with van der Waals surface area (Å²) in [4.78, 5) is 1.15. The van der Waals surface area contributed by atoms with E-state index in [2.05, 4.69) is 37.2 Å². The van der Waals surface area contributed by atoms with Gasteiger partial charge in [-0.3, -0.25) is 0 Å². The Bertz CT molecular complexity index is 552. The predicted molar refractivity (Wildman–Crippen MR) is 87.1 cm³/mol. The Kier molecular flexibility index (Phi) is 5.14. The summed E-state index contributed by atoms with van der Waals surface area (Å²) in [6.07, 6.45) is 0. The summed E-state index contributed by atoms with van der Waals surface area (Å²) < 4.78 is 1.84. The van der Waals surface area contributed by atoms with E-state index in [4.69, 9.17) is 23.2 Å². The quantitative estimate of drug-likeness (QED) is 0.641. The molecule has 0 bridgehead atoms. The minimum absolute atomic E-state index is 0.0874. The third kappa shape index (κ3) is 3.11. The smallest absolute Gasteiger partial charge is 0.0888 e. The number of rotatable bonds is 3. The van der Waals surface area contributed by atoms with Crippen LogP contribution < -0.4 is 5.32 Å². The van der Waals surface area contributed by atoms with Crippen molar-refractivity contribution in [1.29, 1.82) is 0 Å². The maximum absolute atomic E-state index is 6.13. The third-order valence-corrected chi connectivity index (χ3v) is 6.29. The van der Waals surface area contributed by atoms with Crippen LogP contribution >= 0.6 is 66.4 Å². The van der Waals surface area contributed by atoms with Crippen LogP contribution in [-0.4, -0.2) is 7.05 Å². The molecule has 0 aliphatic heterocycles. The summed E-state index contributed by atoms with van der Waals surface area (Å²) in [7, 11) is 1.92. The molecule has 1 unspecified atom stereocenters. The third-order valence-electron chi connectivity index (χ3n) is 2.51. The Morgan fingerprint density at radius 2 is 1.89 bits per heavy atom. The second-order valence-electron chi connectivity index (χ2n) is 3.67. The zero-order valence-corrected chi connectivity index (χ0v) is 14.8. The monoisotopic (exact) mass is 427 g/mol. The van der Waals surface area contributed by atoms with E-state index >= 15 is 0 Å². The van der Waals surface area contributed by atoms with Crippen molar-refractivity contribution in [1.82, 2.24) is 5.32 Å². The van der Waals surface area contributed by atoms with Crippen molar-refractivity contribution in [2.24, 2.45) is 0 Å². The molecule has 1 aromatic carbocycles. The van der Waals surface area contributed by atoms with Gasteiger partial charge in [-0.25, -0.2) is 0 Å². The summed E-state index contributed by atoms with van der Waals surface area (Å²) >= 11 is 20.7.